The minimum Gasteiger partial charge on any atom is -0.357 e. The molecule has 0 atom stereocenters. The van der Waals surface area contributed by atoms with Gasteiger partial charge < -0.3 is 5.32 Å². The van der Waals surface area contributed by atoms with Crippen molar-refractivity contribution in [2.75, 3.05) is 0 Å². The number of hydrogen-bond acceptors (Lipinski definition) is 2. The predicted octanol–water partition coefficient (Wildman–Crippen LogP) is 2.13. The lowest BCUT2D eigenvalue weighted by atomic mass is 10.2. The third kappa shape index (κ3) is 4.85. The average Bonchev–Trinajstić information content (AvgIpc) is 2.53. The lowest BCUT2D eigenvalue weighted by Crippen LogP contribution is -2.46. The lowest BCUT2D eigenvalue weighted by Gasteiger charge is -2.11. The van der Waals surface area contributed by atoms with Gasteiger partial charge in [0.05, 0.1) is 0 Å². The summed E-state index contributed by atoms with van der Waals surface area (Å²) in [4.78, 5) is 11.8. The van der Waals surface area contributed by atoms with Crippen molar-refractivity contribution in [2.45, 2.75) is 6.54 Å². The largest absolute Gasteiger partial charge is 0.357 e. The fraction of sp³-hybridized carbons (Fsp3) is 0.0667. The van der Waals surface area contributed by atoms with E-state index in [1.54, 1.807) is 36.4 Å². The molecule has 0 aliphatic carbocycles. The van der Waals surface area contributed by atoms with E-state index in [1.165, 1.54) is 12.1 Å². The zero-order chi connectivity index (χ0) is 15.1. The third-order valence-electron chi connectivity index (χ3n) is 2.69. The van der Waals surface area contributed by atoms with Crippen molar-refractivity contribution in [3.63, 3.8) is 0 Å². The Kier molecular flexibility index (Phi) is 5.22. The molecule has 0 aromatic heterocycles. The van der Waals surface area contributed by atoms with Crippen molar-refractivity contribution < 1.29 is 9.18 Å². The van der Waals surface area contributed by atoms with E-state index in [0.717, 1.165) is 5.56 Å². The van der Waals surface area contributed by atoms with Crippen molar-refractivity contribution >= 4 is 23.2 Å². The number of hydrogen-bond donors (Lipinski definition) is 3. The molecule has 1 amide bonds. The third-order valence-corrected chi connectivity index (χ3v) is 2.94. The molecule has 0 radical (unpaired) electrons. The second-order valence-corrected chi connectivity index (χ2v) is 4.66. The van der Waals surface area contributed by atoms with E-state index in [-0.39, 0.29) is 16.8 Å². The number of amides is 1. The van der Waals surface area contributed by atoms with Crippen LogP contribution in [-0.4, -0.2) is 11.0 Å². The molecule has 108 valence electrons. The molecule has 0 unspecified atom stereocenters. The van der Waals surface area contributed by atoms with Gasteiger partial charge in [0.15, 0.2) is 5.11 Å². The second-order valence-electron chi connectivity index (χ2n) is 4.25. The molecule has 0 aliphatic rings. The number of nitrogens with one attached hydrogen (secondary N) is 3. The summed E-state index contributed by atoms with van der Waals surface area (Å²) in [5, 5.41) is 3.19. The molecular weight excluding hydrogens is 289 g/mol. The maximum absolute atomic E-state index is 12.8. The number of halogens is 1. The number of thiocarbonyl (C=S) groups is 1. The van der Waals surface area contributed by atoms with Crippen molar-refractivity contribution in [2.24, 2.45) is 0 Å². The first-order valence-corrected chi connectivity index (χ1v) is 6.69. The van der Waals surface area contributed by atoms with Gasteiger partial charge in [0.1, 0.15) is 5.82 Å². The minimum atomic E-state index is -0.283. The zero-order valence-electron chi connectivity index (χ0n) is 11.1. The van der Waals surface area contributed by atoms with E-state index in [0.29, 0.717) is 12.1 Å². The van der Waals surface area contributed by atoms with Crippen LogP contribution in [-0.2, 0) is 6.54 Å². The first kappa shape index (κ1) is 14.9. The van der Waals surface area contributed by atoms with Gasteiger partial charge in [0, 0.05) is 12.1 Å². The lowest BCUT2D eigenvalue weighted by molar-refractivity contribution is 0.0943. The normalized spacial score (nSPS) is 9.76. The quantitative estimate of drug-likeness (QED) is 0.601. The van der Waals surface area contributed by atoms with Gasteiger partial charge in [-0.3, -0.25) is 15.6 Å². The van der Waals surface area contributed by atoms with E-state index in [4.69, 9.17) is 12.2 Å². The monoisotopic (exact) mass is 303 g/mol. The predicted molar refractivity (Wildman–Crippen MR) is 82.9 cm³/mol. The van der Waals surface area contributed by atoms with Crippen molar-refractivity contribution in [1.29, 1.82) is 0 Å². The summed E-state index contributed by atoms with van der Waals surface area (Å²) < 4.78 is 12.8. The highest BCUT2D eigenvalue weighted by molar-refractivity contribution is 7.80. The number of rotatable bonds is 3. The Morgan fingerprint density at radius 1 is 1.00 bits per heavy atom. The Labute approximate surface area is 127 Å². The Morgan fingerprint density at radius 3 is 2.33 bits per heavy atom. The van der Waals surface area contributed by atoms with Crippen LogP contribution in [0.1, 0.15) is 15.9 Å². The van der Waals surface area contributed by atoms with Crippen LogP contribution in [0.25, 0.3) is 0 Å². The first-order chi connectivity index (χ1) is 10.1. The highest BCUT2D eigenvalue weighted by Gasteiger charge is 2.04. The number of benzene rings is 2. The van der Waals surface area contributed by atoms with Crippen LogP contribution in [0.3, 0.4) is 0 Å². The SMILES string of the molecule is O=C(NNC(=S)NCc1ccc(F)cc1)c1ccccc1. The molecule has 4 nitrogen and oxygen atoms in total. The van der Waals surface area contributed by atoms with Gasteiger partial charge in [-0.25, -0.2) is 4.39 Å². The Morgan fingerprint density at radius 2 is 1.67 bits per heavy atom. The van der Waals surface area contributed by atoms with Gasteiger partial charge >= 0.3 is 0 Å². The van der Waals surface area contributed by atoms with Gasteiger partial charge in [-0.2, -0.15) is 0 Å². The molecule has 2 aromatic carbocycles. The molecule has 0 heterocycles. The maximum atomic E-state index is 12.8. The molecule has 0 saturated carbocycles. The Bertz CT molecular complexity index is 617. The summed E-state index contributed by atoms with van der Waals surface area (Å²) >= 11 is 5.04. The van der Waals surface area contributed by atoms with Crippen LogP contribution < -0.4 is 16.2 Å². The second kappa shape index (κ2) is 7.35. The van der Waals surface area contributed by atoms with Gasteiger partial charge in [0.2, 0.25) is 0 Å². The van der Waals surface area contributed by atoms with E-state index in [2.05, 4.69) is 16.2 Å². The molecule has 21 heavy (non-hydrogen) atoms. The van der Waals surface area contributed by atoms with Gasteiger partial charge in [-0.1, -0.05) is 30.3 Å². The van der Waals surface area contributed by atoms with Crippen LogP contribution in [0, 0.1) is 5.82 Å². The number of carbonyl (C=O) groups excluding carboxylic acids is 1. The van der Waals surface area contributed by atoms with Crippen molar-refractivity contribution in [3.8, 4) is 0 Å². The summed E-state index contributed by atoms with van der Waals surface area (Å²) in [6, 6.07) is 14.9. The average molecular weight is 303 g/mol. The molecule has 2 rings (SSSR count). The van der Waals surface area contributed by atoms with Gasteiger partial charge in [-0.15, -0.1) is 0 Å². The minimum absolute atomic E-state index is 0.276. The number of carbonyl (C=O) groups is 1. The highest BCUT2D eigenvalue weighted by atomic mass is 32.1. The Balaban J connectivity index is 1.75. The standard InChI is InChI=1S/C15H14FN3OS/c16-13-8-6-11(7-9-13)10-17-15(21)19-18-14(20)12-4-2-1-3-5-12/h1-9H,10H2,(H,18,20)(H2,17,19,21). The highest BCUT2D eigenvalue weighted by Crippen LogP contribution is 2.01. The molecule has 6 heteroatoms. The molecule has 0 aliphatic heterocycles. The summed E-state index contributed by atoms with van der Waals surface area (Å²) in [5.41, 5.74) is 6.52. The van der Waals surface area contributed by atoms with Crippen LogP contribution in [0.5, 0.6) is 0 Å². The molecule has 0 spiro atoms. The zero-order valence-corrected chi connectivity index (χ0v) is 11.9. The Hall–Kier alpha value is -2.47. The van der Waals surface area contributed by atoms with Crippen molar-refractivity contribution in [3.05, 3.63) is 71.5 Å². The van der Waals surface area contributed by atoms with Crippen LogP contribution >= 0.6 is 12.2 Å². The van der Waals surface area contributed by atoms with Crippen LogP contribution in [0.15, 0.2) is 54.6 Å². The number of hydrazine groups is 1. The molecule has 2 aromatic rings. The summed E-state index contributed by atoms with van der Waals surface area (Å²) in [6.07, 6.45) is 0. The summed E-state index contributed by atoms with van der Waals surface area (Å²) in [5.74, 6) is -0.559. The van der Waals surface area contributed by atoms with Crippen LogP contribution in [0.4, 0.5) is 4.39 Å². The van der Waals surface area contributed by atoms with Crippen molar-refractivity contribution in [1.82, 2.24) is 16.2 Å². The molecule has 0 saturated heterocycles. The molecule has 3 N–H and O–H groups in total. The molecule has 0 fully saturated rings. The first-order valence-electron chi connectivity index (χ1n) is 6.29. The van der Waals surface area contributed by atoms with Gasteiger partial charge in [0.25, 0.3) is 5.91 Å². The van der Waals surface area contributed by atoms with E-state index < -0.39 is 0 Å². The molecule has 0 bridgehead atoms. The van der Waals surface area contributed by atoms with E-state index in [1.807, 2.05) is 6.07 Å². The van der Waals surface area contributed by atoms with Gasteiger partial charge in [-0.05, 0) is 42.0 Å². The topological polar surface area (TPSA) is 53.2 Å². The smallest absolute Gasteiger partial charge is 0.269 e. The molecular formula is C15H14FN3OS. The van der Waals surface area contributed by atoms with E-state index in [9.17, 15) is 9.18 Å². The maximum Gasteiger partial charge on any atom is 0.269 e. The summed E-state index contributed by atoms with van der Waals surface area (Å²) in [7, 11) is 0. The summed E-state index contributed by atoms with van der Waals surface area (Å²) in [6.45, 7) is 0.438. The fourth-order valence-electron chi connectivity index (χ4n) is 1.60. The van der Waals surface area contributed by atoms with Crippen LogP contribution in [0.2, 0.25) is 0 Å². The van der Waals surface area contributed by atoms with E-state index >= 15 is 0 Å². The fourth-order valence-corrected chi connectivity index (χ4v) is 1.73.